The summed E-state index contributed by atoms with van der Waals surface area (Å²) >= 11 is 0. The molecule has 2 unspecified atom stereocenters. The second-order valence-electron chi connectivity index (χ2n) is 5.67. The van der Waals surface area contributed by atoms with Gasteiger partial charge in [-0.05, 0) is 44.5 Å². The van der Waals surface area contributed by atoms with Crippen molar-refractivity contribution < 1.29 is 5.11 Å². The van der Waals surface area contributed by atoms with Crippen LogP contribution in [0.4, 0.5) is 0 Å². The Bertz CT molecular complexity index is 361. The summed E-state index contributed by atoms with van der Waals surface area (Å²) in [4.78, 5) is 6.30. The quantitative estimate of drug-likeness (QED) is 0.791. The van der Waals surface area contributed by atoms with Gasteiger partial charge in [0.2, 0.25) is 0 Å². The minimum Gasteiger partial charge on any atom is -0.389 e. The number of aliphatic hydroxyl groups is 1. The Morgan fingerprint density at radius 1 is 1.32 bits per heavy atom. The standard InChI is InChI=1S/C15H27N3O/c1-5-13(16)14(12-7-9-17-10-8-12)18(6-2)11-15(3,4)19/h7-10,13-14,19H,5-6,11,16H2,1-4H3. The highest BCUT2D eigenvalue weighted by atomic mass is 16.3. The monoisotopic (exact) mass is 265 g/mol. The fourth-order valence-corrected chi connectivity index (χ4v) is 2.42. The molecule has 0 fully saturated rings. The van der Waals surface area contributed by atoms with Gasteiger partial charge in [-0.3, -0.25) is 9.88 Å². The fourth-order valence-electron chi connectivity index (χ4n) is 2.42. The number of hydrogen-bond donors (Lipinski definition) is 2. The summed E-state index contributed by atoms with van der Waals surface area (Å²) in [5, 5.41) is 10.1. The van der Waals surface area contributed by atoms with Gasteiger partial charge in [0, 0.05) is 25.0 Å². The van der Waals surface area contributed by atoms with Crippen LogP contribution in [0.15, 0.2) is 24.5 Å². The Morgan fingerprint density at radius 3 is 2.32 bits per heavy atom. The van der Waals surface area contributed by atoms with Crippen molar-refractivity contribution in [3.05, 3.63) is 30.1 Å². The minimum absolute atomic E-state index is 0.0460. The first-order chi connectivity index (χ1) is 8.89. The Labute approximate surface area is 116 Å². The van der Waals surface area contributed by atoms with Crippen molar-refractivity contribution in [3.8, 4) is 0 Å². The number of pyridine rings is 1. The van der Waals surface area contributed by atoms with E-state index < -0.39 is 5.60 Å². The van der Waals surface area contributed by atoms with E-state index in [1.807, 2.05) is 26.0 Å². The minimum atomic E-state index is -0.727. The zero-order chi connectivity index (χ0) is 14.5. The van der Waals surface area contributed by atoms with Crippen molar-refractivity contribution >= 4 is 0 Å². The van der Waals surface area contributed by atoms with E-state index >= 15 is 0 Å². The van der Waals surface area contributed by atoms with Gasteiger partial charge in [0.15, 0.2) is 0 Å². The van der Waals surface area contributed by atoms with E-state index in [0.29, 0.717) is 6.54 Å². The summed E-state index contributed by atoms with van der Waals surface area (Å²) < 4.78 is 0. The topological polar surface area (TPSA) is 62.4 Å². The zero-order valence-corrected chi connectivity index (χ0v) is 12.5. The SMILES string of the molecule is CCC(N)C(c1ccncc1)N(CC)CC(C)(C)O. The lowest BCUT2D eigenvalue weighted by atomic mass is 9.95. The van der Waals surface area contributed by atoms with Crippen molar-refractivity contribution in [1.29, 1.82) is 0 Å². The highest BCUT2D eigenvalue weighted by Crippen LogP contribution is 2.26. The molecule has 0 aliphatic heterocycles. The van der Waals surface area contributed by atoms with Gasteiger partial charge in [-0.15, -0.1) is 0 Å². The molecule has 2 atom stereocenters. The molecule has 3 N–H and O–H groups in total. The Morgan fingerprint density at radius 2 is 1.89 bits per heavy atom. The lowest BCUT2D eigenvalue weighted by Crippen LogP contribution is -2.46. The van der Waals surface area contributed by atoms with E-state index in [0.717, 1.165) is 18.5 Å². The Balaban J connectivity index is 3.02. The summed E-state index contributed by atoms with van der Waals surface area (Å²) in [5.74, 6) is 0. The average molecular weight is 265 g/mol. The molecule has 0 spiro atoms. The predicted molar refractivity (Wildman–Crippen MR) is 78.8 cm³/mol. The molecule has 0 aromatic carbocycles. The van der Waals surface area contributed by atoms with Crippen LogP contribution in [0.25, 0.3) is 0 Å². The number of hydrogen-bond acceptors (Lipinski definition) is 4. The summed E-state index contributed by atoms with van der Waals surface area (Å²) in [5.41, 5.74) is 6.74. The van der Waals surface area contributed by atoms with Gasteiger partial charge in [0.05, 0.1) is 11.6 Å². The van der Waals surface area contributed by atoms with Crippen LogP contribution in [0.1, 0.15) is 45.7 Å². The normalized spacial score (nSPS) is 15.5. The summed E-state index contributed by atoms with van der Waals surface area (Å²) in [6.07, 6.45) is 4.49. The zero-order valence-electron chi connectivity index (χ0n) is 12.5. The summed E-state index contributed by atoms with van der Waals surface area (Å²) in [6, 6.07) is 4.18. The predicted octanol–water partition coefficient (Wildman–Crippen LogP) is 1.95. The molecule has 108 valence electrons. The molecule has 0 bridgehead atoms. The van der Waals surface area contributed by atoms with Gasteiger partial charge in [-0.1, -0.05) is 13.8 Å². The van der Waals surface area contributed by atoms with Gasteiger partial charge in [0.1, 0.15) is 0 Å². The first kappa shape index (κ1) is 16.1. The molecule has 0 aliphatic carbocycles. The molecule has 0 amide bonds. The number of nitrogens with two attached hydrogens (primary N) is 1. The highest BCUT2D eigenvalue weighted by Gasteiger charge is 2.28. The Kier molecular flexibility index (Phi) is 5.91. The molecule has 0 saturated heterocycles. The molecule has 1 aromatic heterocycles. The van der Waals surface area contributed by atoms with Crippen LogP contribution in [0.2, 0.25) is 0 Å². The van der Waals surface area contributed by atoms with E-state index in [1.54, 1.807) is 12.4 Å². The van der Waals surface area contributed by atoms with E-state index in [9.17, 15) is 5.11 Å². The third kappa shape index (κ3) is 4.90. The van der Waals surface area contributed by atoms with Gasteiger partial charge >= 0.3 is 0 Å². The van der Waals surface area contributed by atoms with Crippen molar-refractivity contribution in [3.63, 3.8) is 0 Å². The average Bonchev–Trinajstić information content (AvgIpc) is 2.37. The van der Waals surface area contributed by atoms with E-state index in [4.69, 9.17) is 5.73 Å². The number of rotatable bonds is 7. The molecule has 1 rings (SSSR count). The second-order valence-corrected chi connectivity index (χ2v) is 5.67. The fraction of sp³-hybridized carbons (Fsp3) is 0.667. The maximum atomic E-state index is 10.1. The highest BCUT2D eigenvalue weighted by molar-refractivity contribution is 5.17. The number of nitrogens with zero attached hydrogens (tertiary/aromatic N) is 2. The molecule has 1 heterocycles. The maximum absolute atomic E-state index is 10.1. The molecular formula is C15H27N3O. The molecule has 0 radical (unpaired) electrons. The van der Waals surface area contributed by atoms with Crippen LogP contribution in [0, 0.1) is 0 Å². The van der Waals surface area contributed by atoms with Crippen LogP contribution in [0.3, 0.4) is 0 Å². The number of aromatic nitrogens is 1. The first-order valence-electron chi connectivity index (χ1n) is 7.01. The van der Waals surface area contributed by atoms with Crippen molar-refractivity contribution in [2.75, 3.05) is 13.1 Å². The van der Waals surface area contributed by atoms with Gasteiger partial charge in [-0.25, -0.2) is 0 Å². The van der Waals surface area contributed by atoms with E-state index in [-0.39, 0.29) is 12.1 Å². The first-order valence-corrected chi connectivity index (χ1v) is 7.01. The number of likely N-dealkylation sites (N-methyl/N-ethyl adjacent to an activating group) is 1. The summed E-state index contributed by atoms with van der Waals surface area (Å²) in [6.45, 7) is 9.31. The van der Waals surface area contributed by atoms with Gasteiger partial charge in [0.25, 0.3) is 0 Å². The van der Waals surface area contributed by atoms with Crippen LogP contribution in [0.5, 0.6) is 0 Å². The van der Waals surface area contributed by atoms with E-state index in [1.165, 1.54) is 0 Å². The molecule has 0 saturated carbocycles. The van der Waals surface area contributed by atoms with Gasteiger partial charge < -0.3 is 10.8 Å². The van der Waals surface area contributed by atoms with Crippen LogP contribution in [-0.2, 0) is 0 Å². The van der Waals surface area contributed by atoms with Crippen LogP contribution >= 0.6 is 0 Å². The van der Waals surface area contributed by atoms with Crippen LogP contribution < -0.4 is 5.73 Å². The largest absolute Gasteiger partial charge is 0.389 e. The molecule has 4 heteroatoms. The lowest BCUT2D eigenvalue weighted by molar-refractivity contribution is 0.0174. The lowest BCUT2D eigenvalue weighted by Gasteiger charge is -2.38. The molecule has 4 nitrogen and oxygen atoms in total. The Hall–Kier alpha value is -0.970. The summed E-state index contributed by atoms with van der Waals surface area (Å²) in [7, 11) is 0. The van der Waals surface area contributed by atoms with Crippen LogP contribution in [-0.4, -0.2) is 39.7 Å². The van der Waals surface area contributed by atoms with Crippen molar-refractivity contribution in [1.82, 2.24) is 9.88 Å². The van der Waals surface area contributed by atoms with Crippen molar-refractivity contribution in [2.45, 2.75) is 51.8 Å². The third-order valence-corrected chi connectivity index (χ3v) is 3.31. The van der Waals surface area contributed by atoms with Crippen molar-refractivity contribution in [2.24, 2.45) is 5.73 Å². The molecule has 1 aromatic rings. The second kappa shape index (κ2) is 6.98. The van der Waals surface area contributed by atoms with E-state index in [2.05, 4.69) is 23.7 Å². The molecule has 0 aliphatic rings. The molecule has 19 heavy (non-hydrogen) atoms. The molecular weight excluding hydrogens is 238 g/mol. The smallest absolute Gasteiger partial charge is 0.0718 e. The third-order valence-electron chi connectivity index (χ3n) is 3.31. The maximum Gasteiger partial charge on any atom is 0.0718 e. The van der Waals surface area contributed by atoms with Gasteiger partial charge in [-0.2, -0.15) is 0 Å².